The molecule has 0 saturated carbocycles. The lowest BCUT2D eigenvalue weighted by Gasteiger charge is -2.32. The highest BCUT2D eigenvalue weighted by Gasteiger charge is 2.50. The number of para-hydroxylation sites is 1. The second kappa shape index (κ2) is 10.1. The quantitative estimate of drug-likeness (QED) is 0.389. The van der Waals surface area contributed by atoms with Gasteiger partial charge in [0, 0.05) is 52.0 Å². The molecule has 1 aliphatic heterocycles. The van der Waals surface area contributed by atoms with Gasteiger partial charge in [0.2, 0.25) is 0 Å². The van der Waals surface area contributed by atoms with Crippen molar-refractivity contribution in [1.82, 2.24) is 14.9 Å². The minimum Gasteiger partial charge on any atom is -0.375 e. The van der Waals surface area contributed by atoms with Gasteiger partial charge in [0.25, 0.3) is 0 Å². The van der Waals surface area contributed by atoms with Crippen molar-refractivity contribution in [3.05, 3.63) is 30.3 Å². The molecule has 0 unspecified atom stereocenters. The van der Waals surface area contributed by atoms with Gasteiger partial charge in [-0.2, -0.15) is 17.5 Å². The topological polar surface area (TPSA) is 77.0 Å². The Hall–Kier alpha value is -2.01. The fraction of sp³-hybridized carbons (Fsp3) is 0.611. The SMILES string of the molecule is CN=C(NCCCN(C)c1ccccc1)NC1CCN(S(=O)(=O)C(F)(F)F)CC1. The summed E-state index contributed by atoms with van der Waals surface area (Å²) in [6.45, 7) is 1.19. The summed E-state index contributed by atoms with van der Waals surface area (Å²) in [6, 6.07) is 9.89. The first-order valence-electron chi connectivity index (χ1n) is 9.45. The number of anilines is 1. The summed E-state index contributed by atoms with van der Waals surface area (Å²) in [5, 5.41) is 6.35. The first-order valence-corrected chi connectivity index (χ1v) is 10.9. The average Bonchev–Trinajstić information content (AvgIpc) is 2.70. The molecule has 1 aliphatic rings. The number of halogens is 3. The molecule has 0 aliphatic carbocycles. The number of sulfonamides is 1. The zero-order valence-corrected chi connectivity index (χ0v) is 17.4. The Morgan fingerprint density at radius 1 is 1.24 bits per heavy atom. The second-order valence-corrected chi connectivity index (χ2v) is 8.81. The molecule has 164 valence electrons. The average molecular weight is 436 g/mol. The van der Waals surface area contributed by atoms with E-state index in [1.807, 2.05) is 37.4 Å². The van der Waals surface area contributed by atoms with E-state index in [1.54, 1.807) is 7.05 Å². The van der Waals surface area contributed by atoms with Crippen LogP contribution in [-0.4, -0.2) is 70.5 Å². The van der Waals surface area contributed by atoms with Gasteiger partial charge < -0.3 is 15.5 Å². The summed E-state index contributed by atoms with van der Waals surface area (Å²) in [5.74, 6) is 0.560. The van der Waals surface area contributed by atoms with Crippen LogP contribution in [0.2, 0.25) is 0 Å². The fourth-order valence-electron chi connectivity index (χ4n) is 3.11. The molecular weight excluding hydrogens is 407 g/mol. The number of alkyl halides is 3. The third-order valence-corrected chi connectivity index (χ3v) is 6.44. The van der Waals surface area contributed by atoms with Crippen LogP contribution in [-0.2, 0) is 10.0 Å². The summed E-state index contributed by atoms with van der Waals surface area (Å²) in [7, 11) is -1.61. The Bertz CT molecular complexity index is 763. The van der Waals surface area contributed by atoms with Crippen LogP contribution in [0.3, 0.4) is 0 Å². The molecule has 1 heterocycles. The molecule has 29 heavy (non-hydrogen) atoms. The van der Waals surface area contributed by atoms with E-state index in [4.69, 9.17) is 0 Å². The fourth-order valence-corrected chi connectivity index (χ4v) is 4.09. The first-order chi connectivity index (χ1) is 13.6. The van der Waals surface area contributed by atoms with Crippen molar-refractivity contribution < 1.29 is 21.6 Å². The van der Waals surface area contributed by atoms with Gasteiger partial charge in [-0.1, -0.05) is 18.2 Å². The summed E-state index contributed by atoms with van der Waals surface area (Å²) in [5.41, 5.74) is -4.12. The Labute approximate surface area is 170 Å². The van der Waals surface area contributed by atoms with Crippen LogP contribution in [0.5, 0.6) is 0 Å². The molecule has 2 N–H and O–H groups in total. The summed E-state index contributed by atoms with van der Waals surface area (Å²) in [6.07, 6.45) is 1.44. The molecule has 0 atom stereocenters. The van der Waals surface area contributed by atoms with Gasteiger partial charge in [-0.05, 0) is 31.4 Å². The van der Waals surface area contributed by atoms with Crippen molar-refractivity contribution in [3.63, 3.8) is 0 Å². The second-order valence-electron chi connectivity index (χ2n) is 6.88. The van der Waals surface area contributed by atoms with Crippen molar-refractivity contribution in [1.29, 1.82) is 0 Å². The van der Waals surface area contributed by atoms with Gasteiger partial charge in [0.05, 0.1) is 0 Å². The van der Waals surface area contributed by atoms with Crippen molar-refractivity contribution in [2.45, 2.75) is 30.8 Å². The number of hydrogen-bond donors (Lipinski definition) is 2. The number of nitrogens with zero attached hydrogens (tertiary/aromatic N) is 3. The third-order valence-electron chi connectivity index (χ3n) is 4.81. The van der Waals surface area contributed by atoms with Crippen LogP contribution in [0.15, 0.2) is 35.3 Å². The van der Waals surface area contributed by atoms with Crippen LogP contribution in [0.4, 0.5) is 18.9 Å². The van der Waals surface area contributed by atoms with Crippen molar-refractivity contribution >= 4 is 21.7 Å². The highest BCUT2D eigenvalue weighted by Crippen LogP contribution is 2.28. The molecule has 1 aromatic rings. The number of rotatable bonds is 7. The number of nitrogens with one attached hydrogen (secondary N) is 2. The Morgan fingerprint density at radius 3 is 2.41 bits per heavy atom. The predicted molar refractivity (Wildman–Crippen MR) is 108 cm³/mol. The van der Waals surface area contributed by atoms with E-state index in [0.717, 1.165) is 18.7 Å². The summed E-state index contributed by atoms with van der Waals surface area (Å²) in [4.78, 5) is 6.28. The van der Waals surface area contributed by atoms with Gasteiger partial charge in [-0.25, -0.2) is 8.42 Å². The van der Waals surface area contributed by atoms with Crippen LogP contribution in [0, 0.1) is 0 Å². The number of piperidine rings is 1. The molecule has 0 bridgehead atoms. The van der Waals surface area contributed by atoms with Crippen LogP contribution >= 0.6 is 0 Å². The Kier molecular flexibility index (Phi) is 8.14. The summed E-state index contributed by atoms with van der Waals surface area (Å²) >= 11 is 0. The number of guanidine groups is 1. The normalized spacial score (nSPS) is 17.2. The molecule has 1 aromatic carbocycles. The van der Waals surface area contributed by atoms with E-state index in [-0.39, 0.29) is 32.0 Å². The maximum absolute atomic E-state index is 12.6. The van der Waals surface area contributed by atoms with Crippen molar-refractivity contribution in [2.75, 3.05) is 45.2 Å². The molecule has 0 spiro atoms. The van der Waals surface area contributed by atoms with E-state index in [9.17, 15) is 21.6 Å². The molecular formula is C18H28F3N5O2S. The third kappa shape index (κ3) is 6.49. The predicted octanol–water partition coefficient (Wildman–Crippen LogP) is 1.99. The van der Waals surface area contributed by atoms with E-state index < -0.39 is 15.5 Å². The minimum atomic E-state index is -5.25. The number of benzene rings is 1. The van der Waals surface area contributed by atoms with Gasteiger partial charge in [0.1, 0.15) is 0 Å². The smallest absolute Gasteiger partial charge is 0.375 e. The molecule has 0 radical (unpaired) electrons. The maximum Gasteiger partial charge on any atom is 0.511 e. The lowest BCUT2D eigenvalue weighted by molar-refractivity contribution is -0.0494. The van der Waals surface area contributed by atoms with E-state index in [1.165, 1.54) is 0 Å². The molecule has 7 nitrogen and oxygen atoms in total. The Balaban J connectivity index is 1.72. The zero-order valence-electron chi connectivity index (χ0n) is 16.6. The van der Waals surface area contributed by atoms with Crippen LogP contribution in [0.25, 0.3) is 0 Å². The van der Waals surface area contributed by atoms with Crippen LogP contribution < -0.4 is 15.5 Å². The maximum atomic E-state index is 12.6. The van der Waals surface area contributed by atoms with Crippen molar-refractivity contribution in [3.8, 4) is 0 Å². The number of aliphatic imine (C=N–C) groups is 1. The molecule has 1 saturated heterocycles. The molecule has 0 aromatic heterocycles. The van der Waals surface area contributed by atoms with Gasteiger partial charge in [0.15, 0.2) is 5.96 Å². The molecule has 1 fully saturated rings. The lowest BCUT2D eigenvalue weighted by atomic mass is 10.1. The molecule has 0 amide bonds. The summed E-state index contributed by atoms with van der Waals surface area (Å²) < 4.78 is 61.4. The lowest BCUT2D eigenvalue weighted by Crippen LogP contribution is -2.51. The Morgan fingerprint density at radius 2 is 1.86 bits per heavy atom. The van der Waals surface area contributed by atoms with E-state index in [2.05, 4.69) is 20.5 Å². The first kappa shape index (κ1) is 23.3. The zero-order chi connectivity index (χ0) is 21.5. The van der Waals surface area contributed by atoms with Crippen LogP contribution in [0.1, 0.15) is 19.3 Å². The van der Waals surface area contributed by atoms with E-state index >= 15 is 0 Å². The monoisotopic (exact) mass is 435 g/mol. The van der Waals surface area contributed by atoms with Gasteiger partial charge in [-0.3, -0.25) is 4.99 Å². The molecule has 11 heteroatoms. The van der Waals surface area contributed by atoms with Gasteiger partial charge >= 0.3 is 15.5 Å². The minimum absolute atomic E-state index is 0.132. The highest BCUT2D eigenvalue weighted by molar-refractivity contribution is 7.90. The largest absolute Gasteiger partial charge is 0.511 e. The molecule has 2 rings (SSSR count). The number of hydrogen-bond acceptors (Lipinski definition) is 4. The van der Waals surface area contributed by atoms with E-state index in [0.29, 0.717) is 16.8 Å². The standard InChI is InChI=1S/C18H28F3N5O2S/c1-22-17(23-11-6-12-25(2)16-7-4-3-5-8-16)24-15-9-13-26(14-10-15)29(27,28)18(19,20)21/h3-5,7-8,15H,6,9-14H2,1-2H3,(H2,22,23,24). The van der Waals surface area contributed by atoms with Gasteiger partial charge in [-0.15, -0.1) is 0 Å². The highest BCUT2D eigenvalue weighted by atomic mass is 32.2. The van der Waals surface area contributed by atoms with Crippen molar-refractivity contribution in [2.24, 2.45) is 4.99 Å².